The predicted octanol–water partition coefficient (Wildman–Crippen LogP) is 7.05. The number of aromatic nitrogens is 2. The van der Waals surface area contributed by atoms with Gasteiger partial charge in [-0.1, -0.05) is 54.6 Å². The SMILES string of the molecule is Cc1ccc2ccc(-c3ccc4c5c3ccc3ccc6cccc-4c6c35)nc2n1. The first kappa shape index (κ1) is 15.2. The summed E-state index contributed by atoms with van der Waals surface area (Å²) in [6, 6.07) is 28.4. The quantitative estimate of drug-likeness (QED) is 0.290. The average molecular weight is 368 g/mol. The van der Waals surface area contributed by atoms with Gasteiger partial charge in [0, 0.05) is 16.6 Å². The molecule has 0 saturated carbocycles. The smallest absolute Gasteiger partial charge is 0.160 e. The third-order valence-electron chi connectivity index (χ3n) is 6.26. The molecule has 134 valence electrons. The fourth-order valence-corrected chi connectivity index (χ4v) is 4.95. The van der Waals surface area contributed by atoms with Crippen molar-refractivity contribution in [2.45, 2.75) is 6.92 Å². The molecule has 4 aromatic carbocycles. The van der Waals surface area contributed by atoms with Crippen LogP contribution in [0.2, 0.25) is 0 Å². The predicted molar refractivity (Wildman–Crippen MR) is 121 cm³/mol. The van der Waals surface area contributed by atoms with Gasteiger partial charge in [0.15, 0.2) is 5.65 Å². The average Bonchev–Trinajstić information content (AvgIpc) is 3.10. The van der Waals surface area contributed by atoms with E-state index in [9.17, 15) is 0 Å². The minimum absolute atomic E-state index is 0.807. The summed E-state index contributed by atoms with van der Waals surface area (Å²) in [6.45, 7) is 2.01. The molecule has 2 aromatic heterocycles. The number of nitrogens with zero attached hydrogens (tertiary/aromatic N) is 2. The van der Waals surface area contributed by atoms with Crippen molar-refractivity contribution in [2.24, 2.45) is 0 Å². The zero-order chi connectivity index (χ0) is 19.1. The molecule has 0 unspecified atom stereocenters. The first-order chi connectivity index (χ1) is 14.3. The topological polar surface area (TPSA) is 25.8 Å². The van der Waals surface area contributed by atoms with Crippen molar-refractivity contribution in [1.29, 1.82) is 0 Å². The lowest BCUT2D eigenvalue weighted by molar-refractivity contribution is 1.21. The Balaban J connectivity index is 1.61. The summed E-state index contributed by atoms with van der Waals surface area (Å²) in [5, 5.41) is 9.06. The van der Waals surface area contributed by atoms with Gasteiger partial charge in [0.25, 0.3) is 0 Å². The van der Waals surface area contributed by atoms with Crippen molar-refractivity contribution < 1.29 is 0 Å². The van der Waals surface area contributed by atoms with Gasteiger partial charge in [0.2, 0.25) is 0 Å². The maximum Gasteiger partial charge on any atom is 0.160 e. The van der Waals surface area contributed by atoms with Crippen molar-refractivity contribution in [3.63, 3.8) is 0 Å². The van der Waals surface area contributed by atoms with Crippen molar-refractivity contribution >= 4 is 43.4 Å². The molecule has 1 aliphatic carbocycles. The summed E-state index contributed by atoms with van der Waals surface area (Å²) in [5.41, 5.74) is 6.61. The van der Waals surface area contributed by atoms with Crippen molar-refractivity contribution in [1.82, 2.24) is 9.97 Å². The van der Waals surface area contributed by atoms with Crippen molar-refractivity contribution in [2.75, 3.05) is 0 Å². The second kappa shape index (κ2) is 5.18. The van der Waals surface area contributed by atoms with E-state index in [2.05, 4.69) is 77.8 Å². The van der Waals surface area contributed by atoms with Crippen molar-refractivity contribution in [3.8, 4) is 22.4 Å². The van der Waals surface area contributed by atoms with E-state index in [1.165, 1.54) is 49.0 Å². The van der Waals surface area contributed by atoms with Gasteiger partial charge in [0.05, 0.1) is 5.69 Å². The molecule has 0 atom stereocenters. The van der Waals surface area contributed by atoms with E-state index in [1.807, 2.05) is 13.0 Å². The van der Waals surface area contributed by atoms with Gasteiger partial charge in [-0.2, -0.15) is 0 Å². The molecular formula is C27H16N2. The van der Waals surface area contributed by atoms with Crippen LogP contribution in [-0.4, -0.2) is 9.97 Å². The Morgan fingerprint density at radius 2 is 1.24 bits per heavy atom. The Kier molecular flexibility index (Phi) is 2.71. The summed E-state index contributed by atoms with van der Waals surface area (Å²) < 4.78 is 0. The summed E-state index contributed by atoms with van der Waals surface area (Å²) >= 11 is 0. The highest BCUT2D eigenvalue weighted by atomic mass is 14.9. The van der Waals surface area contributed by atoms with E-state index in [0.29, 0.717) is 0 Å². The molecule has 2 heterocycles. The molecule has 1 aliphatic rings. The lowest BCUT2D eigenvalue weighted by Crippen LogP contribution is -1.91. The molecule has 2 nitrogen and oxygen atoms in total. The highest BCUT2D eigenvalue weighted by molar-refractivity contribution is 6.34. The minimum atomic E-state index is 0.807. The third-order valence-corrected chi connectivity index (χ3v) is 6.26. The summed E-state index contributed by atoms with van der Waals surface area (Å²) in [5.74, 6) is 0. The largest absolute Gasteiger partial charge is 0.233 e. The van der Waals surface area contributed by atoms with E-state index in [0.717, 1.165) is 22.4 Å². The second-order valence-corrected chi connectivity index (χ2v) is 7.91. The maximum atomic E-state index is 4.91. The first-order valence-corrected chi connectivity index (χ1v) is 9.94. The Morgan fingerprint density at radius 3 is 2.17 bits per heavy atom. The number of fused-ring (bicyclic) bond motifs is 2. The molecule has 29 heavy (non-hydrogen) atoms. The van der Waals surface area contributed by atoms with Crippen LogP contribution in [-0.2, 0) is 0 Å². The zero-order valence-corrected chi connectivity index (χ0v) is 15.9. The molecule has 7 rings (SSSR count). The van der Waals surface area contributed by atoms with Gasteiger partial charge < -0.3 is 0 Å². The Hall–Kier alpha value is -3.78. The Bertz CT molecular complexity index is 1660. The highest BCUT2D eigenvalue weighted by Gasteiger charge is 2.21. The molecule has 0 bridgehead atoms. The molecule has 0 spiro atoms. The molecule has 0 saturated heterocycles. The van der Waals surface area contributed by atoms with Crippen LogP contribution in [0.5, 0.6) is 0 Å². The maximum absolute atomic E-state index is 4.91. The molecule has 0 amide bonds. The molecular weight excluding hydrogens is 352 g/mol. The summed E-state index contributed by atoms with van der Waals surface area (Å²) in [7, 11) is 0. The molecule has 0 fully saturated rings. The van der Waals surface area contributed by atoms with Gasteiger partial charge >= 0.3 is 0 Å². The van der Waals surface area contributed by atoms with E-state index in [-0.39, 0.29) is 0 Å². The van der Waals surface area contributed by atoms with Crippen molar-refractivity contribution in [3.05, 3.63) is 84.6 Å². The monoisotopic (exact) mass is 368 g/mol. The van der Waals surface area contributed by atoms with E-state index >= 15 is 0 Å². The normalized spacial score (nSPS) is 12.3. The number of aryl methyl sites for hydroxylation is 1. The number of rotatable bonds is 1. The first-order valence-electron chi connectivity index (χ1n) is 9.94. The fourth-order valence-electron chi connectivity index (χ4n) is 4.95. The number of benzene rings is 4. The third kappa shape index (κ3) is 1.91. The van der Waals surface area contributed by atoms with Crippen LogP contribution >= 0.6 is 0 Å². The number of hydrogen-bond donors (Lipinski definition) is 0. The molecule has 0 aliphatic heterocycles. The van der Waals surface area contributed by atoms with Crippen LogP contribution in [0.3, 0.4) is 0 Å². The van der Waals surface area contributed by atoms with Gasteiger partial charge in [-0.15, -0.1) is 0 Å². The molecule has 2 heteroatoms. The van der Waals surface area contributed by atoms with Crippen LogP contribution < -0.4 is 0 Å². The van der Waals surface area contributed by atoms with E-state index in [1.54, 1.807) is 0 Å². The van der Waals surface area contributed by atoms with Gasteiger partial charge in [-0.05, 0) is 74.6 Å². The summed E-state index contributed by atoms with van der Waals surface area (Å²) in [6.07, 6.45) is 0. The highest BCUT2D eigenvalue weighted by Crippen LogP contribution is 2.49. The van der Waals surface area contributed by atoms with Crippen LogP contribution in [0.15, 0.2) is 78.9 Å². The lowest BCUT2D eigenvalue weighted by Gasteiger charge is -2.10. The molecule has 6 aromatic rings. The van der Waals surface area contributed by atoms with Gasteiger partial charge in [0.1, 0.15) is 0 Å². The van der Waals surface area contributed by atoms with E-state index in [4.69, 9.17) is 4.98 Å². The van der Waals surface area contributed by atoms with Gasteiger partial charge in [-0.3, -0.25) is 0 Å². The van der Waals surface area contributed by atoms with Gasteiger partial charge in [-0.25, -0.2) is 9.97 Å². The minimum Gasteiger partial charge on any atom is -0.233 e. The molecule has 0 radical (unpaired) electrons. The van der Waals surface area contributed by atoms with E-state index < -0.39 is 0 Å². The number of hydrogen-bond acceptors (Lipinski definition) is 2. The Labute approximate surface area is 167 Å². The standard InChI is InChI=1S/C27H16N2/c1-15-5-6-18-10-14-23(29-27(18)28-15)19-12-13-22-20-4-2-3-16-7-8-17-9-11-21(19)26(22)25(17)24(16)20/h2-14H,1H3. The van der Waals surface area contributed by atoms with Crippen LogP contribution in [0, 0.1) is 6.92 Å². The fraction of sp³-hybridized carbons (Fsp3) is 0.0370. The summed E-state index contributed by atoms with van der Waals surface area (Å²) in [4.78, 5) is 9.55. The number of pyridine rings is 2. The zero-order valence-electron chi connectivity index (χ0n) is 15.9. The lowest BCUT2D eigenvalue weighted by atomic mass is 9.95. The van der Waals surface area contributed by atoms with Crippen LogP contribution in [0.4, 0.5) is 0 Å². The van der Waals surface area contributed by atoms with Crippen LogP contribution in [0.25, 0.3) is 65.7 Å². The van der Waals surface area contributed by atoms with Crippen LogP contribution in [0.1, 0.15) is 5.69 Å². The molecule has 0 N–H and O–H groups in total. The Morgan fingerprint density at radius 1 is 0.517 bits per heavy atom. The second-order valence-electron chi connectivity index (χ2n) is 7.91.